The van der Waals surface area contributed by atoms with E-state index in [-0.39, 0.29) is 11.9 Å². The average molecular weight is 240 g/mol. The molecule has 2 rings (SSSR count). The van der Waals surface area contributed by atoms with Gasteiger partial charge in [-0.15, -0.1) is 0 Å². The Hall–Kier alpha value is -1.38. The van der Waals surface area contributed by atoms with Gasteiger partial charge in [0.1, 0.15) is 11.6 Å². The van der Waals surface area contributed by atoms with Crippen molar-refractivity contribution in [2.24, 2.45) is 0 Å². The number of aryl methyl sites for hydroxylation is 1. The van der Waals surface area contributed by atoms with Crippen LogP contribution in [-0.2, 0) is 11.2 Å². The number of carbonyl (C=O) groups is 1. The summed E-state index contributed by atoms with van der Waals surface area (Å²) in [6.45, 7) is 8.00. The number of aldehydes is 1. The second-order valence-electron chi connectivity index (χ2n) is 3.08. The first-order valence-electron chi connectivity index (χ1n) is 6.20. The Kier molecular flexibility index (Phi) is 8.03. The molecule has 0 saturated heterocycles. The van der Waals surface area contributed by atoms with Crippen molar-refractivity contribution in [1.82, 2.24) is 0 Å². The SMILES string of the molecule is CC.CC.O=CC1CCc2cc(F)ccc2O1. The van der Waals surface area contributed by atoms with Gasteiger partial charge in [-0.25, -0.2) is 4.39 Å². The summed E-state index contributed by atoms with van der Waals surface area (Å²) in [5.74, 6) is 0.372. The molecule has 1 aliphatic rings. The third kappa shape index (κ3) is 4.55. The molecule has 96 valence electrons. The second-order valence-corrected chi connectivity index (χ2v) is 3.08. The van der Waals surface area contributed by atoms with Crippen LogP contribution in [0.1, 0.15) is 39.7 Å². The van der Waals surface area contributed by atoms with Crippen LogP contribution < -0.4 is 4.74 Å². The van der Waals surface area contributed by atoms with Crippen molar-refractivity contribution < 1.29 is 13.9 Å². The number of benzene rings is 1. The van der Waals surface area contributed by atoms with Gasteiger partial charge in [0.15, 0.2) is 12.4 Å². The van der Waals surface area contributed by atoms with E-state index in [1.165, 1.54) is 12.1 Å². The van der Waals surface area contributed by atoms with Crippen molar-refractivity contribution in [3.8, 4) is 5.75 Å². The maximum atomic E-state index is 12.7. The molecule has 1 atom stereocenters. The summed E-state index contributed by atoms with van der Waals surface area (Å²) in [5, 5.41) is 0. The molecule has 3 heteroatoms. The molecule has 0 fully saturated rings. The van der Waals surface area contributed by atoms with Gasteiger partial charge in [-0.05, 0) is 36.6 Å². The molecule has 0 radical (unpaired) electrons. The van der Waals surface area contributed by atoms with Gasteiger partial charge in [0.2, 0.25) is 0 Å². The van der Waals surface area contributed by atoms with Gasteiger partial charge in [-0.3, -0.25) is 4.79 Å². The fourth-order valence-corrected chi connectivity index (χ4v) is 1.47. The summed E-state index contributed by atoms with van der Waals surface area (Å²) >= 11 is 0. The fourth-order valence-electron chi connectivity index (χ4n) is 1.47. The van der Waals surface area contributed by atoms with E-state index in [0.29, 0.717) is 18.6 Å². The topological polar surface area (TPSA) is 26.3 Å². The van der Waals surface area contributed by atoms with Gasteiger partial charge in [0, 0.05) is 0 Å². The lowest BCUT2D eigenvalue weighted by Crippen LogP contribution is -2.23. The normalized spacial score (nSPS) is 16.2. The minimum absolute atomic E-state index is 0.257. The Bertz CT molecular complexity index is 337. The number of halogens is 1. The summed E-state index contributed by atoms with van der Waals surface area (Å²) in [6, 6.07) is 4.36. The van der Waals surface area contributed by atoms with Crippen LogP contribution in [-0.4, -0.2) is 12.4 Å². The first kappa shape index (κ1) is 15.6. The van der Waals surface area contributed by atoms with Crippen LogP contribution >= 0.6 is 0 Å². The summed E-state index contributed by atoms with van der Waals surface area (Å²) in [4.78, 5) is 10.4. The lowest BCUT2D eigenvalue weighted by Gasteiger charge is -2.21. The number of hydrogen-bond donors (Lipinski definition) is 0. The quantitative estimate of drug-likeness (QED) is 0.698. The van der Waals surface area contributed by atoms with Crippen molar-refractivity contribution >= 4 is 6.29 Å². The lowest BCUT2D eigenvalue weighted by atomic mass is 10.0. The number of fused-ring (bicyclic) bond motifs is 1. The highest BCUT2D eigenvalue weighted by molar-refractivity contribution is 5.58. The number of hydrogen-bond acceptors (Lipinski definition) is 2. The summed E-state index contributed by atoms with van der Waals surface area (Å²) in [7, 11) is 0. The molecule has 17 heavy (non-hydrogen) atoms. The highest BCUT2D eigenvalue weighted by atomic mass is 19.1. The first-order chi connectivity index (χ1) is 8.29. The minimum atomic E-state index is -0.363. The molecule has 0 saturated carbocycles. The van der Waals surface area contributed by atoms with Crippen LogP contribution in [0.5, 0.6) is 5.75 Å². The Morgan fingerprint density at radius 3 is 2.53 bits per heavy atom. The largest absolute Gasteiger partial charge is 0.483 e. The van der Waals surface area contributed by atoms with Gasteiger partial charge in [0.25, 0.3) is 0 Å². The maximum absolute atomic E-state index is 12.7. The molecule has 0 N–H and O–H groups in total. The smallest absolute Gasteiger partial charge is 0.160 e. The second kappa shape index (κ2) is 8.74. The van der Waals surface area contributed by atoms with E-state index < -0.39 is 0 Å². The van der Waals surface area contributed by atoms with Crippen molar-refractivity contribution in [3.05, 3.63) is 29.6 Å². The van der Waals surface area contributed by atoms with Crippen LogP contribution in [0.15, 0.2) is 18.2 Å². The lowest BCUT2D eigenvalue weighted by molar-refractivity contribution is -0.114. The molecule has 0 spiro atoms. The zero-order chi connectivity index (χ0) is 13.3. The molecule has 2 nitrogen and oxygen atoms in total. The average Bonchev–Trinajstić information content (AvgIpc) is 2.42. The predicted molar refractivity (Wildman–Crippen MR) is 67.9 cm³/mol. The molecule has 1 unspecified atom stereocenters. The molecule has 1 heterocycles. The fraction of sp³-hybridized carbons (Fsp3) is 0.500. The van der Waals surface area contributed by atoms with Crippen molar-refractivity contribution in [3.63, 3.8) is 0 Å². The Balaban J connectivity index is 0.000000581. The monoisotopic (exact) mass is 240 g/mol. The summed E-state index contributed by atoms with van der Waals surface area (Å²) < 4.78 is 18.0. The first-order valence-corrected chi connectivity index (χ1v) is 6.20. The van der Waals surface area contributed by atoms with E-state index in [1.54, 1.807) is 6.07 Å². The van der Waals surface area contributed by atoms with E-state index in [4.69, 9.17) is 4.74 Å². The maximum Gasteiger partial charge on any atom is 0.160 e. The van der Waals surface area contributed by atoms with Gasteiger partial charge >= 0.3 is 0 Å². The molecule has 0 amide bonds. The zero-order valence-electron chi connectivity index (χ0n) is 11.0. The van der Waals surface area contributed by atoms with Crippen LogP contribution in [0.3, 0.4) is 0 Å². The van der Waals surface area contributed by atoms with Gasteiger partial charge in [-0.2, -0.15) is 0 Å². The summed E-state index contributed by atoms with van der Waals surface area (Å²) in [5.41, 5.74) is 0.845. The molecule has 0 bridgehead atoms. The van der Waals surface area contributed by atoms with Crippen LogP contribution in [0, 0.1) is 5.82 Å². The number of ether oxygens (including phenoxy) is 1. The zero-order valence-corrected chi connectivity index (χ0v) is 11.0. The molecular weight excluding hydrogens is 219 g/mol. The molecule has 1 aromatic carbocycles. The standard InChI is InChI=1S/C10H9FO2.2C2H6/c11-8-2-4-10-7(5-8)1-3-9(6-12)13-10;2*1-2/h2,4-6,9H,1,3H2;2*1-2H3. The van der Waals surface area contributed by atoms with Gasteiger partial charge < -0.3 is 4.74 Å². The van der Waals surface area contributed by atoms with Crippen LogP contribution in [0.4, 0.5) is 4.39 Å². The number of rotatable bonds is 1. The predicted octanol–water partition coefficient (Wildman–Crippen LogP) is 3.77. The van der Waals surface area contributed by atoms with E-state index in [0.717, 1.165) is 11.8 Å². The Labute approximate surface area is 103 Å². The Morgan fingerprint density at radius 2 is 1.94 bits per heavy atom. The highest BCUT2D eigenvalue weighted by Gasteiger charge is 2.18. The van der Waals surface area contributed by atoms with Crippen LogP contribution in [0.25, 0.3) is 0 Å². The van der Waals surface area contributed by atoms with Gasteiger partial charge in [-0.1, -0.05) is 27.7 Å². The van der Waals surface area contributed by atoms with E-state index in [9.17, 15) is 9.18 Å². The molecular formula is C14H21FO2. The van der Waals surface area contributed by atoms with Crippen molar-refractivity contribution in [1.29, 1.82) is 0 Å². The van der Waals surface area contributed by atoms with Crippen LogP contribution in [0.2, 0.25) is 0 Å². The van der Waals surface area contributed by atoms with Gasteiger partial charge in [0.05, 0.1) is 0 Å². The third-order valence-electron chi connectivity index (χ3n) is 2.15. The molecule has 1 aromatic rings. The molecule has 1 aliphatic heterocycles. The molecule has 0 aromatic heterocycles. The summed E-state index contributed by atoms with van der Waals surface area (Å²) in [6.07, 6.45) is 1.76. The highest BCUT2D eigenvalue weighted by Crippen LogP contribution is 2.27. The van der Waals surface area contributed by atoms with Crippen molar-refractivity contribution in [2.45, 2.75) is 46.6 Å². The minimum Gasteiger partial charge on any atom is -0.483 e. The van der Waals surface area contributed by atoms with E-state index >= 15 is 0 Å². The molecule has 0 aliphatic carbocycles. The third-order valence-corrected chi connectivity index (χ3v) is 2.15. The van der Waals surface area contributed by atoms with E-state index in [1.807, 2.05) is 27.7 Å². The van der Waals surface area contributed by atoms with Crippen molar-refractivity contribution in [2.75, 3.05) is 0 Å². The van der Waals surface area contributed by atoms with E-state index in [2.05, 4.69) is 0 Å². The Morgan fingerprint density at radius 1 is 1.29 bits per heavy atom. The number of carbonyl (C=O) groups excluding carboxylic acids is 1.